The lowest BCUT2D eigenvalue weighted by Gasteiger charge is -2.32. The Morgan fingerprint density at radius 3 is 2.00 bits per heavy atom. The van der Waals surface area contributed by atoms with Crippen molar-refractivity contribution in [3.63, 3.8) is 0 Å². The van der Waals surface area contributed by atoms with Gasteiger partial charge >= 0.3 is 5.97 Å². The lowest BCUT2D eigenvalue weighted by atomic mass is 9.78. The quantitative estimate of drug-likeness (QED) is 0.832. The molecule has 0 aliphatic carbocycles. The second-order valence-electron chi connectivity index (χ2n) is 4.61. The molecule has 0 saturated heterocycles. The first-order chi connectivity index (χ1) is 9.59. The van der Waals surface area contributed by atoms with Gasteiger partial charge in [0.2, 0.25) is 0 Å². The molecule has 0 heterocycles. The van der Waals surface area contributed by atoms with Gasteiger partial charge in [0.1, 0.15) is 11.5 Å². The molecule has 0 bridgehead atoms. The SMILES string of the molecule is O=C(O)[C@H](c1ccccc1)[C@](O)(CCl)c1ccccc1. The molecule has 2 N–H and O–H groups in total. The third-order valence-corrected chi connectivity index (χ3v) is 3.74. The molecule has 0 fully saturated rings. The molecule has 0 radical (unpaired) electrons. The number of benzene rings is 2. The largest absolute Gasteiger partial charge is 0.481 e. The third-order valence-electron chi connectivity index (χ3n) is 3.33. The molecular weight excluding hydrogens is 276 g/mol. The molecule has 20 heavy (non-hydrogen) atoms. The molecule has 0 spiro atoms. The fourth-order valence-electron chi connectivity index (χ4n) is 2.32. The minimum Gasteiger partial charge on any atom is -0.481 e. The highest BCUT2D eigenvalue weighted by Crippen LogP contribution is 2.38. The number of alkyl halides is 1. The molecule has 0 aliphatic heterocycles. The zero-order chi connectivity index (χ0) is 14.6. The maximum absolute atomic E-state index is 11.7. The van der Waals surface area contributed by atoms with Gasteiger partial charge in [0.15, 0.2) is 0 Å². The second-order valence-corrected chi connectivity index (χ2v) is 4.87. The number of aliphatic hydroxyl groups is 1. The van der Waals surface area contributed by atoms with Gasteiger partial charge in [0.25, 0.3) is 0 Å². The monoisotopic (exact) mass is 290 g/mol. The topological polar surface area (TPSA) is 57.5 Å². The summed E-state index contributed by atoms with van der Waals surface area (Å²) in [5, 5.41) is 20.4. The average Bonchev–Trinajstić information content (AvgIpc) is 2.49. The van der Waals surface area contributed by atoms with Crippen molar-refractivity contribution in [3.05, 3.63) is 71.8 Å². The van der Waals surface area contributed by atoms with Crippen LogP contribution in [0.2, 0.25) is 0 Å². The molecule has 0 aliphatic rings. The number of carboxylic acids is 1. The van der Waals surface area contributed by atoms with Gasteiger partial charge in [0, 0.05) is 0 Å². The predicted octanol–water partition coefficient (Wildman–Crippen LogP) is 2.98. The van der Waals surface area contributed by atoms with E-state index in [1.54, 1.807) is 60.7 Å². The molecule has 0 aromatic heterocycles. The van der Waals surface area contributed by atoms with E-state index in [2.05, 4.69) is 0 Å². The highest BCUT2D eigenvalue weighted by Gasteiger charge is 2.43. The zero-order valence-electron chi connectivity index (χ0n) is 10.7. The molecule has 4 heteroatoms. The molecule has 2 atom stereocenters. The van der Waals surface area contributed by atoms with Gasteiger partial charge in [-0.05, 0) is 11.1 Å². The summed E-state index contributed by atoms with van der Waals surface area (Å²) >= 11 is 5.92. The van der Waals surface area contributed by atoms with Gasteiger partial charge in [-0.25, -0.2) is 0 Å². The summed E-state index contributed by atoms with van der Waals surface area (Å²) in [6.07, 6.45) is 0. The standard InChI is InChI=1S/C16H15ClO3/c17-11-16(20,13-9-5-2-6-10-13)14(15(18)19)12-7-3-1-4-8-12/h1-10,14,20H,11H2,(H,18,19)/t14-,16-/m0/s1. The van der Waals surface area contributed by atoms with Crippen molar-refractivity contribution >= 4 is 17.6 Å². The molecule has 2 rings (SSSR count). The van der Waals surface area contributed by atoms with Crippen LogP contribution >= 0.6 is 11.6 Å². The van der Waals surface area contributed by atoms with Crippen LogP contribution in [0.25, 0.3) is 0 Å². The zero-order valence-corrected chi connectivity index (χ0v) is 11.5. The van der Waals surface area contributed by atoms with E-state index in [-0.39, 0.29) is 5.88 Å². The fourth-order valence-corrected chi connectivity index (χ4v) is 2.62. The summed E-state index contributed by atoms with van der Waals surface area (Å²) in [5.74, 6) is -2.44. The Morgan fingerprint density at radius 2 is 1.55 bits per heavy atom. The van der Waals surface area contributed by atoms with Crippen molar-refractivity contribution in [2.24, 2.45) is 0 Å². The van der Waals surface area contributed by atoms with E-state index < -0.39 is 17.5 Å². The van der Waals surface area contributed by atoms with Crippen molar-refractivity contribution in [2.45, 2.75) is 11.5 Å². The third kappa shape index (κ3) is 2.69. The summed E-state index contributed by atoms with van der Waals surface area (Å²) in [6, 6.07) is 17.3. The lowest BCUT2D eigenvalue weighted by Crippen LogP contribution is -2.39. The molecule has 0 unspecified atom stereocenters. The second kappa shape index (κ2) is 6.07. The Bertz CT molecular complexity index is 571. The highest BCUT2D eigenvalue weighted by molar-refractivity contribution is 6.18. The van der Waals surface area contributed by atoms with E-state index in [9.17, 15) is 15.0 Å². The summed E-state index contributed by atoms with van der Waals surface area (Å²) in [7, 11) is 0. The minimum atomic E-state index is -1.66. The van der Waals surface area contributed by atoms with Crippen LogP contribution in [0.1, 0.15) is 17.0 Å². The Balaban J connectivity index is 2.54. The number of halogens is 1. The van der Waals surface area contributed by atoms with Gasteiger partial charge in [-0.1, -0.05) is 60.7 Å². The molecule has 0 amide bonds. The molecule has 2 aromatic carbocycles. The van der Waals surface area contributed by atoms with Crippen molar-refractivity contribution < 1.29 is 15.0 Å². The summed E-state index contributed by atoms with van der Waals surface area (Å²) < 4.78 is 0. The normalized spacial score (nSPS) is 15.3. The Morgan fingerprint density at radius 1 is 1.05 bits per heavy atom. The van der Waals surface area contributed by atoms with Crippen molar-refractivity contribution in [1.29, 1.82) is 0 Å². The number of carboxylic acid groups (broad SMARTS) is 1. The molecule has 3 nitrogen and oxygen atoms in total. The van der Waals surface area contributed by atoms with Crippen LogP contribution in [0.15, 0.2) is 60.7 Å². The van der Waals surface area contributed by atoms with Crippen molar-refractivity contribution in [3.8, 4) is 0 Å². The first-order valence-electron chi connectivity index (χ1n) is 6.21. The summed E-state index contributed by atoms with van der Waals surface area (Å²) in [6.45, 7) is 0. The van der Waals surface area contributed by atoms with Crippen molar-refractivity contribution in [1.82, 2.24) is 0 Å². The van der Waals surface area contributed by atoms with E-state index in [4.69, 9.17) is 11.6 Å². The molecular formula is C16H15ClO3. The van der Waals surface area contributed by atoms with Gasteiger partial charge in [0.05, 0.1) is 5.88 Å². The number of aliphatic carboxylic acids is 1. The number of carbonyl (C=O) groups is 1. The maximum atomic E-state index is 11.7. The number of hydrogen-bond acceptors (Lipinski definition) is 2. The Hall–Kier alpha value is -1.84. The number of hydrogen-bond donors (Lipinski definition) is 2. The average molecular weight is 291 g/mol. The van der Waals surface area contributed by atoms with Crippen LogP contribution in [-0.2, 0) is 10.4 Å². The van der Waals surface area contributed by atoms with E-state index in [0.29, 0.717) is 11.1 Å². The van der Waals surface area contributed by atoms with E-state index in [0.717, 1.165) is 0 Å². The predicted molar refractivity (Wildman–Crippen MR) is 77.9 cm³/mol. The first-order valence-corrected chi connectivity index (χ1v) is 6.74. The number of rotatable bonds is 5. The van der Waals surface area contributed by atoms with Gasteiger partial charge in [-0.3, -0.25) is 4.79 Å². The van der Waals surface area contributed by atoms with Crippen LogP contribution in [0.5, 0.6) is 0 Å². The smallest absolute Gasteiger partial charge is 0.314 e. The van der Waals surface area contributed by atoms with Crippen LogP contribution in [-0.4, -0.2) is 22.1 Å². The van der Waals surface area contributed by atoms with Gasteiger partial charge in [-0.2, -0.15) is 0 Å². The van der Waals surface area contributed by atoms with Crippen molar-refractivity contribution in [2.75, 3.05) is 5.88 Å². The van der Waals surface area contributed by atoms with E-state index in [1.807, 2.05) is 0 Å². The molecule has 0 saturated carbocycles. The van der Waals surface area contributed by atoms with Crippen LogP contribution in [0.4, 0.5) is 0 Å². The van der Waals surface area contributed by atoms with Crippen LogP contribution < -0.4 is 0 Å². The molecule has 2 aromatic rings. The molecule has 104 valence electrons. The Kier molecular flexibility index (Phi) is 4.42. The van der Waals surface area contributed by atoms with E-state index >= 15 is 0 Å². The van der Waals surface area contributed by atoms with Crippen LogP contribution in [0, 0.1) is 0 Å². The lowest BCUT2D eigenvalue weighted by molar-refractivity contribution is -0.145. The fraction of sp³-hybridized carbons (Fsp3) is 0.188. The minimum absolute atomic E-state index is 0.205. The Labute approximate surface area is 122 Å². The summed E-state index contributed by atoms with van der Waals surface area (Å²) in [5.41, 5.74) is -0.644. The summed E-state index contributed by atoms with van der Waals surface area (Å²) in [4.78, 5) is 11.7. The maximum Gasteiger partial charge on any atom is 0.314 e. The van der Waals surface area contributed by atoms with Crippen LogP contribution in [0.3, 0.4) is 0 Å². The van der Waals surface area contributed by atoms with Gasteiger partial charge in [-0.15, -0.1) is 11.6 Å². The van der Waals surface area contributed by atoms with E-state index in [1.165, 1.54) is 0 Å². The highest BCUT2D eigenvalue weighted by atomic mass is 35.5. The first kappa shape index (κ1) is 14.6. The van der Waals surface area contributed by atoms with Gasteiger partial charge < -0.3 is 10.2 Å².